The molecule has 1 atom stereocenters. The van der Waals surface area contributed by atoms with Crippen LogP contribution in [0.1, 0.15) is 50.4 Å². The lowest BCUT2D eigenvalue weighted by molar-refractivity contribution is 0.208. The molecule has 1 rings (SSSR count). The van der Waals surface area contributed by atoms with Crippen LogP contribution in [0.15, 0.2) is 18.2 Å². The minimum absolute atomic E-state index is 0.340. The smallest absolute Gasteiger partial charge is 0.0451 e. The molecule has 114 valence electrons. The number of nitrogens with zero attached hydrogens (tertiary/aromatic N) is 1. The molecule has 1 aromatic carbocycles. The molecule has 0 aliphatic carbocycles. The maximum Gasteiger partial charge on any atom is 0.0451 e. The number of rotatable bonds is 6. The van der Waals surface area contributed by atoms with Gasteiger partial charge in [0.2, 0.25) is 0 Å². The number of hydrogen-bond donors (Lipinski definition) is 1. The quantitative estimate of drug-likeness (QED) is 0.847. The van der Waals surface area contributed by atoms with E-state index in [9.17, 15) is 0 Å². The van der Waals surface area contributed by atoms with Gasteiger partial charge in [-0.2, -0.15) is 0 Å². The third-order valence-corrected chi connectivity index (χ3v) is 3.50. The van der Waals surface area contributed by atoms with Crippen molar-refractivity contribution >= 4 is 0 Å². The molecule has 0 amide bonds. The standard InChI is InChI=1S/C18H32N2/c1-8-19-17(12-20(7)13-18(4,5)6)16-11-14(2)9-10-15(16)3/h9-11,17,19H,8,12-13H2,1-7H3. The summed E-state index contributed by atoms with van der Waals surface area (Å²) in [6.07, 6.45) is 0. The molecule has 0 radical (unpaired) electrons. The summed E-state index contributed by atoms with van der Waals surface area (Å²) in [6, 6.07) is 7.17. The van der Waals surface area contributed by atoms with Crippen molar-refractivity contribution in [2.24, 2.45) is 5.41 Å². The Morgan fingerprint density at radius 2 is 1.85 bits per heavy atom. The van der Waals surface area contributed by atoms with E-state index in [1.165, 1.54) is 16.7 Å². The van der Waals surface area contributed by atoms with E-state index in [4.69, 9.17) is 0 Å². The third-order valence-electron chi connectivity index (χ3n) is 3.50. The first-order valence-electron chi connectivity index (χ1n) is 7.72. The van der Waals surface area contributed by atoms with Crippen molar-refractivity contribution in [2.45, 2.75) is 47.6 Å². The Kier molecular flexibility index (Phi) is 6.22. The van der Waals surface area contributed by atoms with Crippen molar-refractivity contribution < 1.29 is 0 Å². The lowest BCUT2D eigenvalue weighted by Crippen LogP contribution is -2.37. The van der Waals surface area contributed by atoms with E-state index >= 15 is 0 Å². The Hall–Kier alpha value is -0.860. The molecule has 0 aromatic heterocycles. The molecular formula is C18H32N2. The van der Waals surface area contributed by atoms with Crippen molar-refractivity contribution in [3.63, 3.8) is 0 Å². The maximum absolute atomic E-state index is 3.64. The van der Waals surface area contributed by atoms with Crippen molar-refractivity contribution in [1.29, 1.82) is 0 Å². The van der Waals surface area contributed by atoms with Gasteiger partial charge in [0.25, 0.3) is 0 Å². The zero-order chi connectivity index (χ0) is 15.3. The molecule has 0 saturated heterocycles. The van der Waals surface area contributed by atoms with Gasteiger partial charge in [-0.05, 0) is 44.0 Å². The average Bonchev–Trinajstić information content (AvgIpc) is 2.29. The van der Waals surface area contributed by atoms with E-state index in [0.29, 0.717) is 11.5 Å². The van der Waals surface area contributed by atoms with Crippen molar-refractivity contribution in [1.82, 2.24) is 10.2 Å². The summed E-state index contributed by atoms with van der Waals surface area (Å²) in [7, 11) is 2.22. The second-order valence-electron chi connectivity index (χ2n) is 7.23. The summed E-state index contributed by atoms with van der Waals surface area (Å²) >= 11 is 0. The highest BCUT2D eigenvalue weighted by atomic mass is 15.1. The normalized spacial score (nSPS) is 13.8. The average molecular weight is 276 g/mol. The van der Waals surface area contributed by atoms with Crippen LogP contribution < -0.4 is 5.32 Å². The van der Waals surface area contributed by atoms with Gasteiger partial charge in [0.15, 0.2) is 0 Å². The van der Waals surface area contributed by atoms with Gasteiger partial charge in [0.05, 0.1) is 0 Å². The Morgan fingerprint density at radius 1 is 1.20 bits per heavy atom. The maximum atomic E-state index is 3.64. The van der Waals surface area contributed by atoms with Gasteiger partial charge < -0.3 is 10.2 Å². The topological polar surface area (TPSA) is 15.3 Å². The first kappa shape index (κ1) is 17.2. The first-order valence-corrected chi connectivity index (χ1v) is 7.72. The molecule has 0 heterocycles. The van der Waals surface area contributed by atoms with Crippen LogP contribution in [0.3, 0.4) is 0 Å². The SMILES string of the molecule is CCNC(CN(C)CC(C)(C)C)c1cc(C)ccc1C. The summed E-state index contributed by atoms with van der Waals surface area (Å²) in [5.74, 6) is 0. The van der Waals surface area contributed by atoms with E-state index < -0.39 is 0 Å². The Balaban J connectivity index is 2.86. The van der Waals surface area contributed by atoms with Crippen LogP contribution in [0.2, 0.25) is 0 Å². The fourth-order valence-electron chi connectivity index (χ4n) is 2.84. The van der Waals surface area contributed by atoms with E-state index in [2.05, 4.69) is 77.0 Å². The van der Waals surface area contributed by atoms with Crippen molar-refractivity contribution in [3.8, 4) is 0 Å². The summed E-state index contributed by atoms with van der Waals surface area (Å²) in [5.41, 5.74) is 4.50. The summed E-state index contributed by atoms with van der Waals surface area (Å²) in [6.45, 7) is 16.6. The number of benzene rings is 1. The zero-order valence-corrected chi connectivity index (χ0v) is 14.4. The number of hydrogen-bond acceptors (Lipinski definition) is 2. The van der Waals surface area contributed by atoms with Crippen LogP contribution in [-0.2, 0) is 0 Å². The molecule has 2 nitrogen and oxygen atoms in total. The largest absolute Gasteiger partial charge is 0.309 e. The Labute approximate surface area is 125 Å². The molecule has 0 aliphatic heterocycles. The molecule has 0 fully saturated rings. The van der Waals surface area contributed by atoms with Crippen LogP contribution in [0.25, 0.3) is 0 Å². The highest BCUT2D eigenvalue weighted by molar-refractivity contribution is 5.33. The monoisotopic (exact) mass is 276 g/mol. The fourth-order valence-corrected chi connectivity index (χ4v) is 2.84. The summed E-state index contributed by atoms with van der Waals surface area (Å²) in [5, 5.41) is 3.64. The highest BCUT2D eigenvalue weighted by Crippen LogP contribution is 2.22. The van der Waals surface area contributed by atoms with Gasteiger partial charge in [-0.1, -0.05) is 51.5 Å². The minimum atomic E-state index is 0.340. The van der Waals surface area contributed by atoms with E-state index in [0.717, 1.165) is 19.6 Å². The molecule has 20 heavy (non-hydrogen) atoms. The summed E-state index contributed by atoms with van der Waals surface area (Å²) < 4.78 is 0. The predicted molar refractivity (Wildman–Crippen MR) is 89.3 cm³/mol. The first-order chi connectivity index (χ1) is 9.23. The predicted octanol–water partition coefficient (Wildman–Crippen LogP) is 3.93. The number of likely N-dealkylation sites (N-methyl/N-ethyl adjacent to an activating group) is 2. The molecule has 1 aromatic rings. The van der Waals surface area contributed by atoms with E-state index in [1.54, 1.807) is 0 Å². The second-order valence-corrected chi connectivity index (χ2v) is 7.23. The van der Waals surface area contributed by atoms with Gasteiger partial charge >= 0.3 is 0 Å². The summed E-state index contributed by atoms with van der Waals surface area (Å²) in [4.78, 5) is 2.44. The molecule has 0 aliphatic rings. The number of nitrogens with one attached hydrogen (secondary N) is 1. The lowest BCUT2D eigenvalue weighted by Gasteiger charge is -2.31. The van der Waals surface area contributed by atoms with Crippen LogP contribution in [-0.4, -0.2) is 31.6 Å². The molecular weight excluding hydrogens is 244 g/mol. The zero-order valence-electron chi connectivity index (χ0n) is 14.4. The molecule has 2 heteroatoms. The lowest BCUT2D eigenvalue weighted by atomic mass is 9.94. The van der Waals surface area contributed by atoms with Crippen LogP contribution in [0, 0.1) is 19.3 Å². The Bertz CT molecular complexity index is 418. The highest BCUT2D eigenvalue weighted by Gasteiger charge is 2.19. The van der Waals surface area contributed by atoms with E-state index in [1.807, 2.05) is 0 Å². The van der Waals surface area contributed by atoms with Crippen molar-refractivity contribution in [2.75, 3.05) is 26.7 Å². The van der Waals surface area contributed by atoms with Gasteiger partial charge in [-0.3, -0.25) is 0 Å². The molecule has 1 N–H and O–H groups in total. The number of aryl methyl sites for hydroxylation is 2. The van der Waals surface area contributed by atoms with Gasteiger partial charge in [-0.15, -0.1) is 0 Å². The Morgan fingerprint density at radius 3 is 2.40 bits per heavy atom. The van der Waals surface area contributed by atoms with Crippen LogP contribution >= 0.6 is 0 Å². The minimum Gasteiger partial charge on any atom is -0.309 e. The van der Waals surface area contributed by atoms with Crippen LogP contribution in [0.4, 0.5) is 0 Å². The van der Waals surface area contributed by atoms with E-state index in [-0.39, 0.29) is 0 Å². The van der Waals surface area contributed by atoms with Gasteiger partial charge in [-0.25, -0.2) is 0 Å². The molecule has 0 spiro atoms. The molecule has 1 unspecified atom stereocenters. The van der Waals surface area contributed by atoms with Gasteiger partial charge in [0.1, 0.15) is 0 Å². The molecule has 0 bridgehead atoms. The fraction of sp³-hybridized carbons (Fsp3) is 0.667. The van der Waals surface area contributed by atoms with Crippen LogP contribution in [0.5, 0.6) is 0 Å². The molecule has 0 saturated carbocycles. The third kappa shape index (κ3) is 5.64. The van der Waals surface area contributed by atoms with Crippen molar-refractivity contribution in [3.05, 3.63) is 34.9 Å². The van der Waals surface area contributed by atoms with Gasteiger partial charge in [0, 0.05) is 19.1 Å². The second kappa shape index (κ2) is 7.24.